The number of hydrogen-bond acceptors (Lipinski definition) is 4. The van der Waals surface area contributed by atoms with Gasteiger partial charge in [0.1, 0.15) is 4.88 Å². The lowest BCUT2D eigenvalue weighted by Crippen LogP contribution is -2.22. The van der Waals surface area contributed by atoms with E-state index in [-0.39, 0.29) is 5.91 Å². The van der Waals surface area contributed by atoms with E-state index < -0.39 is 0 Å². The Kier molecular flexibility index (Phi) is 3.90. The number of nitrogen functional groups attached to an aromatic ring is 1. The number of amides is 1. The van der Waals surface area contributed by atoms with Crippen LogP contribution in [0.5, 0.6) is 0 Å². The molecule has 0 saturated heterocycles. The Hall–Kier alpha value is -1.92. The number of carbonyl (C=O) groups excluding carboxylic acids is 1. The highest BCUT2D eigenvalue weighted by atomic mass is 79.9. The molecule has 3 aromatic rings. The van der Waals surface area contributed by atoms with E-state index in [0.717, 1.165) is 20.1 Å². The lowest BCUT2D eigenvalue weighted by atomic mass is 10.2. The zero-order chi connectivity index (χ0) is 14.8. The van der Waals surface area contributed by atoms with Gasteiger partial charge in [0.2, 0.25) is 0 Å². The predicted octanol–water partition coefficient (Wildman–Crippen LogP) is 3.57. The molecule has 0 bridgehead atoms. The Balaban J connectivity index is 1.83. The lowest BCUT2D eigenvalue weighted by molar-refractivity contribution is 0.0956. The maximum Gasteiger partial charge on any atom is 0.263 e. The molecule has 0 saturated carbocycles. The summed E-state index contributed by atoms with van der Waals surface area (Å²) in [6, 6.07) is 9.56. The van der Waals surface area contributed by atoms with E-state index in [4.69, 9.17) is 5.73 Å². The molecule has 4 nitrogen and oxygen atoms in total. The van der Waals surface area contributed by atoms with Gasteiger partial charge in [0, 0.05) is 33.5 Å². The molecule has 0 radical (unpaired) electrons. The Morgan fingerprint density at radius 1 is 1.38 bits per heavy atom. The van der Waals surface area contributed by atoms with E-state index >= 15 is 0 Å². The second-order valence-electron chi connectivity index (χ2n) is 4.53. The van der Waals surface area contributed by atoms with Crippen molar-refractivity contribution in [1.82, 2.24) is 10.3 Å². The minimum absolute atomic E-state index is 0.159. The Bertz CT molecular complexity index is 801. The minimum atomic E-state index is -0.159. The zero-order valence-electron chi connectivity index (χ0n) is 11.0. The summed E-state index contributed by atoms with van der Waals surface area (Å²) in [5.74, 6) is -0.159. The normalized spacial score (nSPS) is 10.7. The molecule has 0 unspecified atom stereocenters. The Morgan fingerprint density at radius 3 is 3.00 bits per heavy atom. The van der Waals surface area contributed by atoms with Crippen LogP contribution in [-0.2, 0) is 6.54 Å². The lowest BCUT2D eigenvalue weighted by Gasteiger charge is -2.04. The van der Waals surface area contributed by atoms with Gasteiger partial charge in [-0.2, -0.15) is 0 Å². The van der Waals surface area contributed by atoms with Crippen molar-refractivity contribution in [2.24, 2.45) is 0 Å². The summed E-state index contributed by atoms with van der Waals surface area (Å²) < 4.78 is 1.96. The minimum Gasteiger partial charge on any atom is -0.397 e. The van der Waals surface area contributed by atoms with Crippen LogP contribution in [0.4, 0.5) is 5.69 Å². The first kappa shape index (κ1) is 14.0. The standard InChI is InChI=1S/C15H12BrN3OS/c16-10-3-4-11-12(6-10)21-14(13(11)17)15(20)19-8-9-2-1-5-18-7-9/h1-7H,8,17H2,(H,19,20). The average Bonchev–Trinajstić information content (AvgIpc) is 2.82. The third kappa shape index (κ3) is 2.91. The number of thiophene rings is 1. The molecule has 3 rings (SSSR count). The van der Waals surface area contributed by atoms with Crippen LogP contribution in [0, 0.1) is 0 Å². The quantitative estimate of drug-likeness (QED) is 0.749. The maximum absolute atomic E-state index is 12.3. The van der Waals surface area contributed by atoms with Crippen molar-refractivity contribution in [2.75, 3.05) is 5.73 Å². The molecule has 0 spiro atoms. The maximum atomic E-state index is 12.3. The number of nitrogens with zero attached hydrogens (tertiary/aromatic N) is 1. The van der Waals surface area contributed by atoms with Crippen molar-refractivity contribution in [3.05, 3.63) is 57.6 Å². The topological polar surface area (TPSA) is 68.0 Å². The van der Waals surface area contributed by atoms with Crippen LogP contribution in [0.3, 0.4) is 0 Å². The molecule has 3 N–H and O–H groups in total. The van der Waals surface area contributed by atoms with E-state index in [9.17, 15) is 4.79 Å². The van der Waals surface area contributed by atoms with Gasteiger partial charge in [-0.3, -0.25) is 9.78 Å². The summed E-state index contributed by atoms with van der Waals surface area (Å²) in [4.78, 5) is 16.8. The number of anilines is 1. The van der Waals surface area contributed by atoms with Gasteiger partial charge in [0.05, 0.1) is 5.69 Å². The van der Waals surface area contributed by atoms with Gasteiger partial charge in [-0.25, -0.2) is 0 Å². The van der Waals surface area contributed by atoms with E-state index in [0.29, 0.717) is 17.1 Å². The Morgan fingerprint density at radius 2 is 2.24 bits per heavy atom. The number of halogens is 1. The molecular formula is C15H12BrN3OS. The zero-order valence-corrected chi connectivity index (χ0v) is 13.4. The van der Waals surface area contributed by atoms with Crippen LogP contribution in [0.25, 0.3) is 10.1 Å². The second kappa shape index (κ2) is 5.83. The van der Waals surface area contributed by atoms with Gasteiger partial charge in [0.25, 0.3) is 5.91 Å². The molecule has 0 aliphatic rings. The number of rotatable bonds is 3. The third-order valence-electron chi connectivity index (χ3n) is 3.07. The van der Waals surface area contributed by atoms with E-state index in [2.05, 4.69) is 26.2 Å². The third-order valence-corrected chi connectivity index (χ3v) is 4.73. The summed E-state index contributed by atoms with van der Waals surface area (Å²) >= 11 is 4.82. The molecular weight excluding hydrogens is 350 g/mol. The first-order valence-electron chi connectivity index (χ1n) is 6.30. The molecule has 2 heterocycles. The smallest absolute Gasteiger partial charge is 0.263 e. The highest BCUT2D eigenvalue weighted by molar-refractivity contribution is 9.10. The number of pyridine rings is 1. The van der Waals surface area contributed by atoms with Crippen molar-refractivity contribution in [3.8, 4) is 0 Å². The van der Waals surface area contributed by atoms with Crippen LogP contribution in [-0.4, -0.2) is 10.9 Å². The number of nitrogens with one attached hydrogen (secondary N) is 1. The van der Waals surface area contributed by atoms with Crippen LogP contribution in [0.15, 0.2) is 47.2 Å². The predicted molar refractivity (Wildman–Crippen MR) is 89.3 cm³/mol. The summed E-state index contributed by atoms with van der Waals surface area (Å²) in [5.41, 5.74) is 7.57. The number of fused-ring (bicyclic) bond motifs is 1. The van der Waals surface area contributed by atoms with Crippen molar-refractivity contribution in [2.45, 2.75) is 6.54 Å². The highest BCUT2D eigenvalue weighted by Gasteiger charge is 2.16. The average molecular weight is 362 g/mol. The fraction of sp³-hybridized carbons (Fsp3) is 0.0667. The van der Waals surface area contributed by atoms with Gasteiger partial charge in [-0.15, -0.1) is 11.3 Å². The molecule has 0 aliphatic carbocycles. The van der Waals surface area contributed by atoms with Gasteiger partial charge in [0.15, 0.2) is 0 Å². The van der Waals surface area contributed by atoms with Gasteiger partial charge in [-0.1, -0.05) is 28.1 Å². The molecule has 1 amide bonds. The van der Waals surface area contributed by atoms with E-state index in [1.807, 2.05) is 30.3 Å². The van der Waals surface area contributed by atoms with Crippen molar-refractivity contribution >= 4 is 48.9 Å². The number of benzene rings is 1. The van der Waals surface area contributed by atoms with Crippen molar-refractivity contribution < 1.29 is 4.79 Å². The first-order valence-corrected chi connectivity index (χ1v) is 7.91. The number of nitrogens with two attached hydrogens (primary N) is 1. The van der Waals surface area contributed by atoms with Gasteiger partial charge in [-0.05, 0) is 23.8 Å². The Labute approximate surface area is 134 Å². The first-order chi connectivity index (χ1) is 10.1. The van der Waals surface area contributed by atoms with Gasteiger partial charge < -0.3 is 11.1 Å². The fourth-order valence-corrected chi connectivity index (χ4v) is 3.62. The number of hydrogen-bond donors (Lipinski definition) is 2. The molecule has 0 atom stereocenters. The summed E-state index contributed by atoms with van der Waals surface area (Å²) in [6.07, 6.45) is 3.43. The summed E-state index contributed by atoms with van der Waals surface area (Å²) in [6.45, 7) is 0.435. The van der Waals surface area contributed by atoms with E-state index in [1.54, 1.807) is 12.4 Å². The van der Waals surface area contributed by atoms with Crippen LogP contribution < -0.4 is 11.1 Å². The van der Waals surface area contributed by atoms with Crippen LogP contribution >= 0.6 is 27.3 Å². The van der Waals surface area contributed by atoms with Gasteiger partial charge >= 0.3 is 0 Å². The monoisotopic (exact) mass is 361 g/mol. The largest absolute Gasteiger partial charge is 0.397 e. The highest BCUT2D eigenvalue weighted by Crippen LogP contribution is 2.35. The summed E-state index contributed by atoms with van der Waals surface area (Å²) in [5, 5.41) is 3.78. The molecule has 2 aromatic heterocycles. The SMILES string of the molecule is Nc1c(C(=O)NCc2cccnc2)sc2cc(Br)ccc12. The summed E-state index contributed by atoms with van der Waals surface area (Å²) in [7, 11) is 0. The fourth-order valence-electron chi connectivity index (χ4n) is 2.02. The van der Waals surface area contributed by atoms with Crippen LogP contribution in [0.2, 0.25) is 0 Å². The molecule has 21 heavy (non-hydrogen) atoms. The molecule has 1 aromatic carbocycles. The second-order valence-corrected chi connectivity index (χ2v) is 6.50. The molecule has 0 fully saturated rings. The molecule has 6 heteroatoms. The molecule has 106 valence electrons. The van der Waals surface area contributed by atoms with E-state index in [1.165, 1.54) is 11.3 Å². The van der Waals surface area contributed by atoms with Crippen molar-refractivity contribution in [1.29, 1.82) is 0 Å². The molecule has 0 aliphatic heterocycles. The van der Waals surface area contributed by atoms with Crippen LogP contribution in [0.1, 0.15) is 15.2 Å². The van der Waals surface area contributed by atoms with Crippen molar-refractivity contribution in [3.63, 3.8) is 0 Å². The number of aromatic nitrogens is 1. The number of carbonyl (C=O) groups is 1.